The van der Waals surface area contributed by atoms with Gasteiger partial charge < -0.3 is 5.32 Å². The van der Waals surface area contributed by atoms with Crippen molar-refractivity contribution in [2.75, 3.05) is 11.4 Å². The van der Waals surface area contributed by atoms with Crippen LogP contribution < -0.4 is 10.2 Å². The monoisotopic (exact) mass is 308 g/mol. The van der Waals surface area contributed by atoms with Crippen molar-refractivity contribution in [2.24, 2.45) is 0 Å². The molecular formula is C20H24N2O. The molecular weight excluding hydrogens is 284 g/mol. The van der Waals surface area contributed by atoms with Gasteiger partial charge in [0.25, 0.3) is 0 Å². The van der Waals surface area contributed by atoms with Crippen LogP contribution in [-0.4, -0.2) is 18.1 Å². The molecule has 0 radical (unpaired) electrons. The topological polar surface area (TPSA) is 32.3 Å². The molecule has 0 saturated carbocycles. The Kier molecular flexibility index (Phi) is 4.37. The Morgan fingerprint density at radius 1 is 1.09 bits per heavy atom. The van der Waals surface area contributed by atoms with Gasteiger partial charge in [-0.25, -0.2) is 4.79 Å². The number of anilines is 1. The fourth-order valence-electron chi connectivity index (χ4n) is 3.24. The predicted octanol–water partition coefficient (Wildman–Crippen LogP) is 4.17. The van der Waals surface area contributed by atoms with Crippen LogP contribution in [0.4, 0.5) is 10.5 Å². The van der Waals surface area contributed by atoms with Gasteiger partial charge in [-0.15, -0.1) is 0 Å². The molecule has 1 heterocycles. The Bertz CT molecular complexity index is 679. The first kappa shape index (κ1) is 15.6. The van der Waals surface area contributed by atoms with Crippen LogP contribution in [0.3, 0.4) is 0 Å². The first-order chi connectivity index (χ1) is 11.1. The molecule has 3 rings (SSSR count). The number of hydrogen-bond acceptors (Lipinski definition) is 1. The Labute approximate surface area is 138 Å². The predicted molar refractivity (Wildman–Crippen MR) is 94.9 cm³/mol. The molecule has 0 aliphatic carbocycles. The Morgan fingerprint density at radius 2 is 1.78 bits per heavy atom. The second-order valence-electron chi connectivity index (χ2n) is 6.74. The van der Waals surface area contributed by atoms with E-state index in [1.54, 1.807) is 0 Å². The molecule has 0 spiro atoms. The molecule has 2 aromatic carbocycles. The number of carbonyl (C=O) groups is 1. The van der Waals surface area contributed by atoms with Crippen molar-refractivity contribution < 1.29 is 4.79 Å². The molecule has 0 atom stereocenters. The maximum Gasteiger partial charge on any atom is 0.322 e. The van der Waals surface area contributed by atoms with E-state index in [1.165, 1.54) is 11.1 Å². The Hall–Kier alpha value is -2.29. The molecule has 0 saturated heterocycles. The smallest absolute Gasteiger partial charge is 0.322 e. The zero-order valence-electron chi connectivity index (χ0n) is 13.9. The maximum absolute atomic E-state index is 12.8. The minimum atomic E-state index is -0.162. The van der Waals surface area contributed by atoms with Gasteiger partial charge >= 0.3 is 6.03 Å². The highest BCUT2D eigenvalue weighted by atomic mass is 16.2. The largest absolute Gasteiger partial charge is 0.337 e. The van der Waals surface area contributed by atoms with E-state index < -0.39 is 0 Å². The average Bonchev–Trinajstić information content (AvgIpc) is 2.55. The van der Waals surface area contributed by atoms with Crippen molar-refractivity contribution in [2.45, 2.75) is 38.6 Å². The SMILES string of the molecule is CC1(C)CCc2ccccc2N1C(=O)NCCc1ccccc1. The molecule has 23 heavy (non-hydrogen) atoms. The lowest BCUT2D eigenvalue weighted by Gasteiger charge is -2.43. The van der Waals surface area contributed by atoms with Crippen LogP contribution in [0.15, 0.2) is 54.6 Å². The highest BCUT2D eigenvalue weighted by Gasteiger charge is 2.36. The lowest BCUT2D eigenvalue weighted by atomic mass is 9.87. The van der Waals surface area contributed by atoms with Crippen molar-refractivity contribution in [1.29, 1.82) is 0 Å². The van der Waals surface area contributed by atoms with Gasteiger partial charge in [-0.2, -0.15) is 0 Å². The van der Waals surface area contributed by atoms with Crippen molar-refractivity contribution in [3.8, 4) is 0 Å². The number of nitrogens with one attached hydrogen (secondary N) is 1. The van der Waals surface area contributed by atoms with Crippen LogP contribution in [0.5, 0.6) is 0 Å². The number of amides is 2. The molecule has 120 valence electrons. The van der Waals surface area contributed by atoms with Crippen LogP contribution >= 0.6 is 0 Å². The quantitative estimate of drug-likeness (QED) is 0.907. The summed E-state index contributed by atoms with van der Waals surface area (Å²) in [6, 6.07) is 18.5. The van der Waals surface area contributed by atoms with E-state index >= 15 is 0 Å². The van der Waals surface area contributed by atoms with Gasteiger partial charge in [-0.1, -0.05) is 48.5 Å². The van der Waals surface area contributed by atoms with E-state index in [0.29, 0.717) is 6.54 Å². The minimum absolute atomic E-state index is 0.00178. The summed E-state index contributed by atoms with van der Waals surface area (Å²) in [7, 11) is 0. The highest BCUT2D eigenvalue weighted by molar-refractivity contribution is 5.94. The third-order valence-electron chi connectivity index (χ3n) is 4.58. The second-order valence-corrected chi connectivity index (χ2v) is 6.74. The summed E-state index contributed by atoms with van der Waals surface area (Å²) in [5.74, 6) is 0. The van der Waals surface area contributed by atoms with Crippen molar-refractivity contribution in [1.82, 2.24) is 5.32 Å². The minimum Gasteiger partial charge on any atom is -0.337 e. The highest BCUT2D eigenvalue weighted by Crippen LogP contribution is 2.36. The van der Waals surface area contributed by atoms with Gasteiger partial charge in [-0.05, 0) is 50.3 Å². The molecule has 1 aliphatic heterocycles. The zero-order chi connectivity index (χ0) is 16.3. The van der Waals surface area contributed by atoms with E-state index in [0.717, 1.165) is 24.9 Å². The number of carbonyl (C=O) groups excluding carboxylic acids is 1. The van der Waals surface area contributed by atoms with Crippen LogP contribution in [0.2, 0.25) is 0 Å². The third-order valence-corrected chi connectivity index (χ3v) is 4.58. The van der Waals surface area contributed by atoms with E-state index in [9.17, 15) is 4.79 Å². The molecule has 0 bridgehead atoms. The van der Waals surface area contributed by atoms with E-state index in [1.807, 2.05) is 41.3 Å². The van der Waals surface area contributed by atoms with Gasteiger partial charge in [0.05, 0.1) is 0 Å². The van der Waals surface area contributed by atoms with E-state index in [4.69, 9.17) is 0 Å². The zero-order valence-corrected chi connectivity index (χ0v) is 13.9. The number of fused-ring (bicyclic) bond motifs is 1. The molecule has 0 fully saturated rings. The summed E-state index contributed by atoms with van der Waals surface area (Å²) >= 11 is 0. The first-order valence-corrected chi connectivity index (χ1v) is 8.28. The summed E-state index contributed by atoms with van der Waals surface area (Å²) in [6.45, 7) is 4.93. The summed E-state index contributed by atoms with van der Waals surface area (Å²) in [4.78, 5) is 14.7. The molecule has 2 amide bonds. The number of rotatable bonds is 3. The molecule has 0 aromatic heterocycles. The summed E-state index contributed by atoms with van der Waals surface area (Å²) in [6.07, 6.45) is 2.86. The fraction of sp³-hybridized carbons (Fsp3) is 0.350. The van der Waals surface area contributed by atoms with E-state index in [2.05, 4.69) is 37.4 Å². The van der Waals surface area contributed by atoms with Crippen LogP contribution in [0.25, 0.3) is 0 Å². The third kappa shape index (κ3) is 3.39. The van der Waals surface area contributed by atoms with Gasteiger partial charge in [0, 0.05) is 17.8 Å². The van der Waals surface area contributed by atoms with Gasteiger partial charge in [0.2, 0.25) is 0 Å². The Morgan fingerprint density at radius 3 is 2.57 bits per heavy atom. The first-order valence-electron chi connectivity index (χ1n) is 8.28. The molecule has 0 unspecified atom stereocenters. The molecule has 2 aromatic rings. The van der Waals surface area contributed by atoms with Crippen molar-refractivity contribution >= 4 is 11.7 Å². The number of para-hydroxylation sites is 1. The van der Waals surface area contributed by atoms with Crippen LogP contribution in [0.1, 0.15) is 31.4 Å². The standard InChI is InChI=1S/C20H24N2O/c1-20(2)14-12-17-10-6-7-11-18(17)22(20)19(23)21-15-13-16-8-4-3-5-9-16/h3-11H,12-15H2,1-2H3,(H,21,23). The normalized spacial score (nSPS) is 15.8. The van der Waals surface area contributed by atoms with Crippen LogP contribution in [0, 0.1) is 0 Å². The van der Waals surface area contributed by atoms with E-state index in [-0.39, 0.29) is 11.6 Å². The number of benzene rings is 2. The fourth-order valence-corrected chi connectivity index (χ4v) is 3.24. The maximum atomic E-state index is 12.8. The van der Waals surface area contributed by atoms with Gasteiger partial charge in [-0.3, -0.25) is 4.90 Å². The molecule has 1 aliphatic rings. The van der Waals surface area contributed by atoms with Crippen LogP contribution in [-0.2, 0) is 12.8 Å². The second kappa shape index (κ2) is 6.45. The lowest BCUT2D eigenvalue weighted by molar-refractivity contribution is 0.237. The molecule has 1 N–H and O–H groups in total. The number of urea groups is 1. The average molecular weight is 308 g/mol. The van der Waals surface area contributed by atoms with Gasteiger partial charge in [0.1, 0.15) is 0 Å². The lowest BCUT2D eigenvalue weighted by Crippen LogP contribution is -2.55. The number of nitrogens with zero attached hydrogens (tertiary/aromatic N) is 1. The van der Waals surface area contributed by atoms with Crippen molar-refractivity contribution in [3.05, 3.63) is 65.7 Å². The summed E-state index contributed by atoms with van der Waals surface area (Å²) in [5, 5.41) is 3.08. The number of hydrogen-bond donors (Lipinski definition) is 1. The van der Waals surface area contributed by atoms with Gasteiger partial charge in [0.15, 0.2) is 0 Å². The van der Waals surface area contributed by atoms with Crippen molar-refractivity contribution in [3.63, 3.8) is 0 Å². The molecule has 3 heteroatoms. The number of aryl methyl sites for hydroxylation is 1. The molecule has 3 nitrogen and oxygen atoms in total. The summed E-state index contributed by atoms with van der Waals surface area (Å²) < 4.78 is 0. The Balaban J connectivity index is 1.70. The summed E-state index contributed by atoms with van der Waals surface area (Å²) in [5.41, 5.74) is 3.38.